The second kappa shape index (κ2) is 8.92. The zero-order valence-corrected chi connectivity index (χ0v) is 14.7. The number of hydrogen-bond acceptors (Lipinski definition) is 3. The summed E-state index contributed by atoms with van der Waals surface area (Å²) >= 11 is 0. The zero-order valence-electron chi connectivity index (χ0n) is 14.7. The lowest BCUT2D eigenvalue weighted by Crippen LogP contribution is -2.40. The van der Waals surface area contributed by atoms with Gasteiger partial charge < -0.3 is 10.1 Å². The highest BCUT2D eigenvalue weighted by Crippen LogP contribution is 2.23. The number of nitrogens with one attached hydrogen (secondary N) is 1. The smallest absolute Gasteiger partial charge is 0.223 e. The second-order valence-corrected chi connectivity index (χ2v) is 6.84. The molecule has 1 heterocycles. The van der Waals surface area contributed by atoms with Crippen LogP contribution < -0.4 is 10.1 Å². The molecule has 1 aromatic carbocycles. The maximum Gasteiger partial charge on any atom is 0.223 e. The first-order valence-corrected chi connectivity index (χ1v) is 8.72. The third-order valence-electron chi connectivity index (χ3n) is 4.57. The van der Waals surface area contributed by atoms with E-state index in [4.69, 9.17) is 4.74 Å². The summed E-state index contributed by atoms with van der Waals surface area (Å²) in [6.07, 6.45) is 2.95. The number of hydrogen-bond donors (Lipinski definition) is 1. The molecule has 0 aromatic heterocycles. The largest absolute Gasteiger partial charge is 0.496 e. The van der Waals surface area contributed by atoms with Crippen LogP contribution in [-0.4, -0.2) is 37.6 Å². The van der Waals surface area contributed by atoms with E-state index in [2.05, 4.69) is 30.1 Å². The molecular formula is C19H30N2O2. The van der Waals surface area contributed by atoms with Gasteiger partial charge in [-0.1, -0.05) is 32.0 Å². The molecule has 0 unspecified atom stereocenters. The average Bonchev–Trinajstić information content (AvgIpc) is 2.55. The van der Waals surface area contributed by atoms with Gasteiger partial charge in [0.15, 0.2) is 0 Å². The normalized spacial score (nSPS) is 16.5. The minimum Gasteiger partial charge on any atom is -0.496 e. The quantitative estimate of drug-likeness (QED) is 0.840. The number of piperidine rings is 1. The molecule has 1 aliphatic rings. The molecule has 4 nitrogen and oxygen atoms in total. The summed E-state index contributed by atoms with van der Waals surface area (Å²) in [5.41, 5.74) is 1.22. The minimum atomic E-state index is 0.177. The monoisotopic (exact) mass is 318 g/mol. The van der Waals surface area contributed by atoms with Gasteiger partial charge in [-0.15, -0.1) is 0 Å². The molecule has 1 amide bonds. The lowest BCUT2D eigenvalue weighted by atomic mass is 9.95. The molecule has 1 N–H and O–H groups in total. The number of likely N-dealkylation sites (tertiary alicyclic amines) is 1. The first kappa shape index (κ1) is 17.8. The number of methoxy groups -OCH3 is 1. The number of carbonyl (C=O) groups excluding carboxylic acids is 1. The van der Waals surface area contributed by atoms with Gasteiger partial charge in [0.1, 0.15) is 5.75 Å². The maximum atomic E-state index is 12.2. The summed E-state index contributed by atoms with van der Waals surface area (Å²) in [6, 6.07) is 8.16. The van der Waals surface area contributed by atoms with E-state index < -0.39 is 0 Å². The number of nitrogens with zero attached hydrogens (tertiary/aromatic N) is 1. The van der Waals surface area contributed by atoms with Crippen LogP contribution in [0, 0.1) is 11.8 Å². The molecule has 128 valence electrons. The first-order valence-electron chi connectivity index (χ1n) is 8.72. The van der Waals surface area contributed by atoms with Gasteiger partial charge in [-0.3, -0.25) is 9.69 Å². The SMILES string of the molecule is COc1ccccc1CN1CCC(C(=O)NCCC(C)C)CC1. The molecule has 2 rings (SSSR count). The number of benzene rings is 1. The van der Waals surface area contributed by atoms with E-state index in [0.717, 1.165) is 51.2 Å². The van der Waals surface area contributed by atoms with Gasteiger partial charge in [-0.2, -0.15) is 0 Å². The van der Waals surface area contributed by atoms with Crippen molar-refractivity contribution < 1.29 is 9.53 Å². The highest BCUT2D eigenvalue weighted by Gasteiger charge is 2.25. The van der Waals surface area contributed by atoms with Crippen molar-refractivity contribution in [2.45, 2.75) is 39.7 Å². The summed E-state index contributed by atoms with van der Waals surface area (Å²) < 4.78 is 5.42. The number of amides is 1. The fourth-order valence-electron chi connectivity index (χ4n) is 3.06. The van der Waals surface area contributed by atoms with E-state index in [9.17, 15) is 4.79 Å². The fraction of sp³-hybridized carbons (Fsp3) is 0.632. The van der Waals surface area contributed by atoms with Crippen LogP contribution in [0.25, 0.3) is 0 Å². The summed E-state index contributed by atoms with van der Waals surface area (Å²) in [5, 5.41) is 3.09. The molecule has 0 spiro atoms. The Balaban J connectivity index is 1.76. The van der Waals surface area contributed by atoms with Crippen molar-refractivity contribution in [1.82, 2.24) is 10.2 Å². The Labute approximate surface area is 140 Å². The van der Waals surface area contributed by atoms with Gasteiger partial charge in [0.2, 0.25) is 5.91 Å². The van der Waals surface area contributed by atoms with Gasteiger partial charge >= 0.3 is 0 Å². The molecule has 0 saturated carbocycles. The maximum absolute atomic E-state index is 12.2. The minimum absolute atomic E-state index is 0.177. The summed E-state index contributed by atoms with van der Waals surface area (Å²) in [5.74, 6) is 2.00. The lowest BCUT2D eigenvalue weighted by Gasteiger charge is -2.31. The van der Waals surface area contributed by atoms with Crippen LogP contribution in [0.1, 0.15) is 38.7 Å². The van der Waals surface area contributed by atoms with Crippen LogP contribution >= 0.6 is 0 Å². The van der Waals surface area contributed by atoms with Crippen molar-refractivity contribution in [3.8, 4) is 5.75 Å². The van der Waals surface area contributed by atoms with Crippen molar-refractivity contribution >= 4 is 5.91 Å². The Morgan fingerprint density at radius 2 is 2.00 bits per heavy atom. The molecule has 0 bridgehead atoms. The topological polar surface area (TPSA) is 41.6 Å². The second-order valence-electron chi connectivity index (χ2n) is 6.84. The number of para-hydroxylation sites is 1. The Bertz CT molecular complexity index is 494. The summed E-state index contributed by atoms with van der Waals surface area (Å²) in [4.78, 5) is 14.6. The molecule has 1 saturated heterocycles. The molecule has 4 heteroatoms. The van der Waals surface area contributed by atoms with Crippen molar-refractivity contribution in [3.63, 3.8) is 0 Å². The number of rotatable bonds is 7. The van der Waals surface area contributed by atoms with Crippen LogP contribution in [-0.2, 0) is 11.3 Å². The molecule has 0 radical (unpaired) electrons. The lowest BCUT2D eigenvalue weighted by molar-refractivity contribution is -0.126. The summed E-state index contributed by atoms with van der Waals surface area (Å²) in [7, 11) is 1.71. The van der Waals surface area contributed by atoms with Gasteiger partial charge in [0.05, 0.1) is 7.11 Å². The molecule has 1 fully saturated rings. The third kappa shape index (κ3) is 5.54. The Morgan fingerprint density at radius 3 is 2.65 bits per heavy atom. The summed E-state index contributed by atoms with van der Waals surface area (Å²) in [6.45, 7) is 8.01. The average molecular weight is 318 g/mol. The van der Waals surface area contributed by atoms with E-state index in [-0.39, 0.29) is 11.8 Å². The molecule has 0 aliphatic carbocycles. The Kier molecular flexibility index (Phi) is 6.90. The van der Waals surface area contributed by atoms with Gasteiger partial charge in [0, 0.05) is 24.6 Å². The van der Waals surface area contributed by atoms with Crippen LogP contribution in [0.2, 0.25) is 0 Å². The molecule has 0 atom stereocenters. The predicted octanol–water partition coefficient (Wildman–Crippen LogP) is 3.07. The van der Waals surface area contributed by atoms with Gasteiger partial charge in [-0.25, -0.2) is 0 Å². The van der Waals surface area contributed by atoms with Crippen LogP contribution in [0.5, 0.6) is 5.75 Å². The number of carbonyl (C=O) groups is 1. The first-order chi connectivity index (χ1) is 11.1. The van der Waals surface area contributed by atoms with Crippen molar-refractivity contribution in [1.29, 1.82) is 0 Å². The van der Waals surface area contributed by atoms with Crippen molar-refractivity contribution in [3.05, 3.63) is 29.8 Å². The third-order valence-corrected chi connectivity index (χ3v) is 4.57. The van der Waals surface area contributed by atoms with Crippen LogP contribution in [0.4, 0.5) is 0 Å². The highest BCUT2D eigenvalue weighted by molar-refractivity contribution is 5.78. The predicted molar refractivity (Wildman–Crippen MR) is 93.5 cm³/mol. The Hall–Kier alpha value is -1.55. The standard InChI is InChI=1S/C19H30N2O2/c1-15(2)8-11-20-19(22)16-9-12-21(13-10-16)14-17-6-4-5-7-18(17)23-3/h4-7,15-16H,8-14H2,1-3H3,(H,20,22). The van der Waals surface area contributed by atoms with Crippen molar-refractivity contribution in [2.75, 3.05) is 26.7 Å². The molecule has 1 aliphatic heterocycles. The van der Waals surface area contributed by atoms with E-state index in [1.54, 1.807) is 7.11 Å². The number of ether oxygens (including phenoxy) is 1. The molecule has 1 aromatic rings. The van der Waals surface area contributed by atoms with Crippen LogP contribution in [0.15, 0.2) is 24.3 Å². The fourth-order valence-corrected chi connectivity index (χ4v) is 3.06. The van der Waals surface area contributed by atoms with E-state index in [1.807, 2.05) is 18.2 Å². The molecule has 23 heavy (non-hydrogen) atoms. The van der Waals surface area contributed by atoms with Crippen molar-refractivity contribution in [2.24, 2.45) is 11.8 Å². The van der Waals surface area contributed by atoms with Gasteiger partial charge in [0.25, 0.3) is 0 Å². The molecular weight excluding hydrogens is 288 g/mol. The van der Waals surface area contributed by atoms with E-state index >= 15 is 0 Å². The van der Waals surface area contributed by atoms with E-state index in [1.165, 1.54) is 5.56 Å². The van der Waals surface area contributed by atoms with Crippen LogP contribution in [0.3, 0.4) is 0 Å². The Morgan fingerprint density at radius 1 is 1.30 bits per heavy atom. The highest BCUT2D eigenvalue weighted by atomic mass is 16.5. The zero-order chi connectivity index (χ0) is 16.7. The van der Waals surface area contributed by atoms with E-state index in [0.29, 0.717) is 5.92 Å². The van der Waals surface area contributed by atoms with Gasteiger partial charge in [-0.05, 0) is 44.3 Å².